The van der Waals surface area contributed by atoms with Crippen LogP contribution in [0.25, 0.3) is 10.8 Å². The Labute approximate surface area is 82.7 Å². The van der Waals surface area contributed by atoms with Gasteiger partial charge in [0.15, 0.2) is 0 Å². The minimum Gasteiger partial charge on any atom is -0.497 e. The lowest BCUT2D eigenvalue weighted by molar-refractivity contribution is 0.415. The van der Waals surface area contributed by atoms with E-state index in [2.05, 4.69) is 10.2 Å². The summed E-state index contributed by atoms with van der Waals surface area (Å²) in [5.41, 5.74) is 1.89. The van der Waals surface area contributed by atoms with Gasteiger partial charge in [-0.05, 0) is 32.0 Å². The summed E-state index contributed by atoms with van der Waals surface area (Å²) >= 11 is 0. The van der Waals surface area contributed by atoms with Crippen LogP contribution in [0, 0.1) is 13.8 Å². The summed E-state index contributed by atoms with van der Waals surface area (Å²) in [4.78, 5) is 0. The predicted octanol–water partition coefficient (Wildman–Crippen LogP) is 2.26. The van der Waals surface area contributed by atoms with Crippen molar-refractivity contribution in [1.29, 1.82) is 0 Å². The van der Waals surface area contributed by atoms with Crippen LogP contribution < -0.4 is 4.74 Å². The molecule has 0 saturated heterocycles. The van der Waals surface area contributed by atoms with Gasteiger partial charge in [0.25, 0.3) is 0 Å². The number of nitrogens with zero attached hydrogens (tertiary/aromatic N) is 2. The van der Waals surface area contributed by atoms with E-state index in [1.54, 1.807) is 7.11 Å². The Morgan fingerprint density at radius 1 is 1.00 bits per heavy atom. The van der Waals surface area contributed by atoms with E-state index in [0.717, 1.165) is 27.9 Å². The summed E-state index contributed by atoms with van der Waals surface area (Å²) in [5.74, 6) is 0.855. The van der Waals surface area contributed by atoms with Gasteiger partial charge in [-0.3, -0.25) is 0 Å². The molecule has 0 spiro atoms. The molecule has 2 aromatic rings. The van der Waals surface area contributed by atoms with Crippen LogP contribution in [-0.4, -0.2) is 17.3 Å². The number of rotatable bonds is 1. The SMILES string of the molecule is COc1ccc2c(C)nnc(C)c2c1. The first-order valence-electron chi connectivity index (χ1n) is 4.50. The molecule has 3 nitrogen and oxygen atoms in total. The molecule has 0 amide bonds. The summed E-state index contributed by atoms with van der Waals surface area (Å²) < 4.78 is 5.17. The molecule has 1 aromatic carbocycles. The lowest BCUT2D eigenvalue weighted by Crippen LogP contribution is -1.93. The zero-order valence-corrected chi connectivity index (χ0v) is 8.53. The molecular weight excluding hydrogens is 176 g/mol. The third-order valence-corrected chi connectivity index (χ3v) is 2.36. The standard InChI is InChI=1S/C11H12N2O/c1-7-10-5-4-9(14-3)6-11(10)8(2)13-12-7/h4-6H,1-3H3. The predicted molar refractivity (Wildman–Crippen MR) is 55.6 cm³/mol. The third-order valence-electron chi connectivity index (χ3n) is 2.36. The number of aromatic nitrogens is 2. The quantitative estimate of drug-likeness (QED) is 0.688. The van der Waals surface area contributed by atoms with Gasteiger partial charge >= 0.3 is 0 Å². The molecule has 0 fully saturated rings. The molecule has 0 N–H and O–H groups in total. The first kappa shape index (κ1) is 8.94. The second kappa shape index (κ2) is 3.25. The van der Waals surface area contributed by atoms with E-state index in [1.165, 1.54) is 0 Å². The second-order valence-electron chi connectivity index (χ2n) is 3.28. The fourth-order valence-corrected chi connectivity index (χ4v) is 1.52. The largest absolute Gasteiger partial charge is 0.497 e. The van der Waals surface area contributed by atoms with Crippen molar-refractivity contribution >= 4 is 10.8 Å². The minimum absolute atomic E-state index is 0.855. The van der Waals surface area contributed by atoms with Gasteiger partial charge < -0.3 is 4.74 Å². The molecule has 0 bridgehead atoms. The maximum atomic E-state index is 5.17. The van der Waals surface area contributed by atoms with E-state index in [-0.39, 0.29) is 0 Å². The van der Waals surface area contributed by atoms with Crippen LogP contribution in [-0.2, 0) is 0 Å². The Morgan fingerprint density at radius 3 is 2.29 bits per heavy atom. The lowest BCUT2D eigenvalue weighted by Gasteiger charge is -2.05. The molecule has 0 atom stereocenters. The monoisotopic (exact) mass is 188 g/mol. The van der Waals surface area contributed by atoms with Crippen molar-refractivity contribution in [1.82, 2.24) is 10.2 Å². The first-order valence-corrected chi connectivity index (χ1v) is 4.50. The van der Waals surface area contributed by atoms with E-state index < -0.39 is 0 Å². The normalized spacial score (nSPS) is 10.5. The van der Waals surface area contributed by atoms with Gasteiger partial charge in [0, 0.05) is 10.8 Å². The topological polar surface area (TPSA) is 35.0 Å². The molecule has 1 heterocycles. The molecule has 0 unspecified atom stereocenters. The highest BCUT2D eigenvalue weighted by Gasteiger charge is 2.03. The number of aryl methyl sites for hydroxylation is 2. The smallest absolute Gasteiger partial charge is 0.119 e. The van der Waals surface area contributed by atoms with Crippen LogP contribution in [0.2, 0.25) is 0 Å². The lowest BCUT2D eigenvalue weighted by atomic mass is 10.1. The zero-order chi connectivity index (χ0) is 10.1. The molecule has 0 aliphatic carbocycles. The Hall–Kier alpha value is -1.64. The molecule has 72 valence electrons. The third kappa shape index (κ3) is 1.31. The molecule has 3 heteroatoms. The number of hydrogen-bond acceptors (Lipinski definition) is 3. The van der Waals surface area contributed by atoms with Crippen molar-refractivity contribution in [3.8, 4) is 5.75 Å². The molecule has 0 radical (unpaired) electrons. The van der Waals surface area contributed by atoms with E-state index >= 15 is 0 Å². The number of methoxy groups -OCH3 is 1. The van der Waals surface area contributed by atoms with Gasteiger partial charge in [-0.2, -0.15) is 10.2 Å². The molecular formula is C11H12N2O. The van der Waals surface area contributed by atoms with Crippen LogP contribution >= 0.6 is 0 Å². The van der Waals surface area contributed by atoms with E-state index in [1.807, 2.05) is 32.0 Å². The van der Waals surface area contributed by atoms with Crippen molar-refractivity contribution in [2.45, 2.75) is 13.8 Å². The highest BCUT2D eigenvalue weighted by atomic mass is 16.5. The van der Waals surface area contributed by atoms with Gasteiger partial charge in [0.1, 0.15) is 5.75 Å². The van der Waals surface area contributed by atoms with Crippen LogP contribution in [0.1, 0.15) is 11.4 Å². The molecule has 2 rings (SSSR count). The Kier molecular flexibility index (Phi) is 2.08. The van der Waals surface area contributed by atoms with Crippen LogP contribution in [0.4, 0.5) is 0 Å². The molecule has 0 aliphatic heterocycles. The summed E-state index contributed by atoms with van der Waals surface area (Å²) in [7, 11) is 1.66. The van der Waals surface area contributed by atoms with E-state index in [9.17, 15) is 0 Å². The Bertz CT molecular complexity index is 480. The van der Waals surface area contributed by atoms with Crippen molar-refractivity contribution in [2.24, 2.45) is 0 Å². The van der Waals surface area contributed by atoms with E-state index in [0.29, 0.717) is 0 Å². The molecule has 0 saturated carbocycles. The Balaban J connectivity index is 2.80. The average molecular weight is 188 g/mol. The Morgan fingerprint density at radius 2 is 1.64 bits per heavy atom. The number of hydrogen-bond donors (Lipinski definition) is 0. The maximum Gasteiger partial charge on any atom is 0.119 e. The summed E-state index contributed by atoms with van der Waals surface area (Å²) in [6.07, 6.45) is 0. The van der Waals surface area contributed by atoms with Crippen molar-refractivity contribution in [3.05, 3.63) is 29.6 Å². The van der Waals surface area contributed by atoms with Crippen LogP contribution in [0.5, 0.6) is 5.75 Å². The molecule has 14 heavy (non-hydrogen) atoms. The van der Waals surface area contributed by atoms with Crippen molar-refractivity contribution < 1.29 is 4.74 Å². The average Bonchev–Trinajstić information content (AvgIpc) is 2.23. The fraction of sp³-hybridized carbons (Fsp3) is 0.273. The molecule has 0 aliphatic rings. The van der Waals surface area contributed by atoms with Gasteiger partial charge in [-0.15, -0.1) is 0 Å². The van der Waals surface area contributed by atoms with Gasteiger partial charge in [-0.1, -0.05) is 0 Å². The van der Waals surface area contributed by atoms with E-state index in [4.69, 9.17) is 4.74 Å². The highest BCUT2D eigenvalue weighted by molar-refractivity contribution is 5.87. The number of fused-ring (bicyclic) bond motifs is 1. The van der Waals surface area contributed by atoms with Crippen molar-refractivity contribution in [3.63, 3.8) is 0 Å². The summed E-state index contributed by atoms with van der Waals surface area (Å²) in [6, 6.07) is 5.95. The van der Waals surface area contributed by atoms with Crippen molar-refractivity contribution in [2.75, 3.05) is 7.11 Å². The highest BCUT2D eigenvalue weighted by Crippen LogP contribution is 2.23. The first-order chi connectivity index (χ1) is 6.72. The van der Waals surface area contributed by atoms with Gasteiger partial charge in [-0.25, -0.2) is 0 Å². The van der Waals surface area contributed by atoms with Gasteiger partial charge in [0.05, 0.1) is 18.5 Å². The summed E-state index contributed by atoms with van der Waals surface area (Å²) in [6.45, 7) is 3.91. The minimum atomic E-state index is 0.855. The summed E-state index contributed by atoms with van der Waals surface area (Å²) in [5, 5.41) is 10.4. The van der Waals surface area contributed by atoms with Gasteiger partial charge in [0.2, 0.25) is 0 Å². The van der Waals surface area contributed by atoms with Crippen LogP contribution in [0.15, 0.2) is 18.2 Å². The zero-order valence-electron chi connectivity index (χ0n) is 8.53. The second-order valence-corrected chi connectivity index (χ2v) is 3.28. The molecule has 1 aromatic heterocycles. The fourth-order valence-electron chi connectivity index (χ4n) is 1.52. The number of benzene rings is 1. The maximum absolute atomic E-state index is 5.17. The number of ether oxygens (including phenoxy) is 1. The van der Waals surface area contributed by atoms with Crippen LogP contribution in [0.3, 0.4) is 0 Å².